The van der Waals surface area contributed by atoms with Gasteiger partial charge in [0.2, 0.25) is 0 Å². The second kappa shape index (κ2) is 4.91. The first-order chi connectivity index (χ1) is 6.31. The molecule has 14 heavy (non-hydrogen) atoms. The van der Waals surface area contributed by atoms with E-state index in [1.807, 2.05) is 0 Å². The summed E-state index contributed by atoms with van der Waals surface area (Å²) in [5, 5.41) is 0. The summed E-state index contributed by atoms with van der Waals surface area (Å²) in [6.07, 6.45) is -4.88. The molecule has 0 fully saturated rings. The van der Waals surface area contributed by atoms with Gasteiger partial charge < -0.3 is 4.18 Å². The first kappa shape index (κ1) is 13.6. The fourth-order valence-electron chi connectivity index (χ4n) is 0.997. The number of hydrogen-bond acceptors (Lipinski definition) is 2. The van der Waals surface area contributed by atoms with E-state index >= 15 is 0 Å². The van der Waals surface area contributed by atoms with E-state index in [-0.39, 0.29) is 0 Å². The molecule has 86 valence electrons. The second-order valence-corrected chi connectivity index (χ2v) is 6.53. The maximum absolute atomic E-state index is 11.9. The Kier molecular flexibility index (Phi) is 4.77. The Labute approximate surface area is 83.3 Å². The first-order valence-electron chi connectivity index (χ1n) is 4.38. The summed E-state index contributed by atoms with van der Waals surface area (Å²) in [4.78, 5) is 10.6. The summed E-state index contributed by atoms with van der Waals surface area (Å²) in [7, 11) is -1.86. The summed E-state index contributed by atoms with van der Waals surface area (Å²) in [5.74, 6) is -0.635. The molecule has 2 nitrogen and oxygen atoms in total. The molecule has 0 amide bonds. The smallest absolute Gasteiger partial charge is 0.409 e. The standard InChI is InChI=1S/C8H15F3O2S/c1-4-14(5-2,6-3)13-7(12)8(9,10)11/h4-6H2,1-3H3. The van der Waals surface area contributed by atoms with E-state index in [0.717, 1.165) is 0 Å². The summed E-state index contributed by atoms with van der Waals surface area (Å²) < 4.78 is 40.4. The van der Waals surface area contributed by atoms with Crippen LogP contribution in [0.15, 0.2) is 0 Å². The molecule has 0 aromatic heterocycles. The van der Waals surface area contributed by atoms with Crippen LogP contribution in [0.4, 0.5) is 13.2 Å². The number of carbonyl (C=O) groups is 1. The number of carbonyl (C=O) groups excluding carboxylic acids is 1. The van der Waals surface area contributed by atoms with Crippen LogP contribution in [0.5, 0.6) is 0 Å². The molecule has 0 saturated heterocycles. The van der Waals surface area contributed by atoms with E-state index in [9.17, 15) is 18.0 Å². The van der Waals surface area contributed by atoms with Gasteiger partial charge in [-0.25, -0.2) is 4.79 Å². The van der Waals surface area contributed by atoms with Crippen molar-refractivity contribution in [2.24, 2.45) is 0 Å². The Balaban J connectivity index is 4.54. The van der Waals surface area contributed by atoms with Gasteiger partial charge in [0.15, 0.2) is 0 Å². The molecular weight excluding hydrogens is 217 g/mol. The number of halogens is 3. The van der Waals surface area contributed by atoms with Crippen LogP contribution in [0.25, 0.3) is 0 Å². The van der Waals surface area contributed by atoms with E-state index in [4.69, 9.17) is 0 Å². The minimum Gasteiger partial charge on any atom is -0.409 e. The lowest BCUT2D eigenvalue weighted by Gasteiger charge is -2.35. The lowest BCUT2D eigenvalue weighted by molar-refractivity contribution is -0.188. The van der Waals surface area contributed by atoms with Gasteiger partial charge in [-0.2, -0.15) is 13.2 Å². The van der Waals surface area contributed by atoms with E-state index in [1.165, 1.54) is 0 Å². The summed E-state index contributed by atoms with van der Waals surface area (Å²) >= 11 is 0. The van der Waals surface area contributed by atoms with Crippen LogP contribution in [-0.4, -0.2) is 29.4 Å². The molecule has 0 N–H and O–H groups in total. The maximum atomic E-state index is 11.9. The number of alkyl halides is 3. The highest BCUT2D eigenvalue weighted by Crippen LogP contribution is 2.49. The highest BCUT2D eigenvalue weighted by molar-refractivity contribution is 8.30. The van der Waals surface area contributed by atoms with Crippen molar-refractivity contribution < 1.29 is 22.1 Å². The molecule has 0 aromatic carbocycles. The zero-order valence-electron chi connectivity index (χ0n) is 8.48. The SMILES string of the molecule is CCS(CC)(CC)OC(=O)C(F)(F)F. The Morgan fingerprint density at radius 2 is 1.50 bits per heavy atom. The lowest BCUT2D eigenvalue weighted by atomic mass is 10.7. The van der Waals surface area contributed by atoms with Crippen molar-refractivity contribution in [2.75, 3.05) is 17.3 Å². The van der Waals surface area contributed by atoms with E-state index < -0.39 is 22.5 Å². The van der Waals surface area contributed by atoms with Gasteiger partial charge in [0, 0.05) is 17.3 Å². The van der Waals surface area contributed by atoms with Crippen LogP contribution in [0.3, 0.4) is 0 Å². The van der Waals surface area contributed by atoms with Crippen LogP contribution in [0.2, 0.25) is 0 Å². The van der Waals surface area contributed by atoms with Crippen molar-refractivity contribution in [3.63, 3.8) is 0 Å². The van der Waals surface area contributed by atoms with Crippen molar-refractivity contribution in [1.82, 2.24) is 0 Å². The van der Waals surface area contributed by atoms with Crippen molar-refractivity contribution in [3.05, 3.63) is 0 Å². The highest BCUT2D eigenvalue weighted by atomic mass is 32.3. The van der Waals surface area contributed by atoms with Gasteiger partial charge in [0.25, 0.3) is 0 Å². The molecule has 0 radical (unpaired) electrons. The van der Waals surface area contributed by atoms with Crippen molar-refractivity contribution in [2.45, 2.75) is 26.9 Å². The minimum absolute atomic E-state index is 0.474. The van der Waals surface area contributed by atoms with Gasteiger partial charge in [-0.3, -0.25) is 0 Å². The Hall–Kier alpha value is -0.390. The third kappa shape index (κ3) is 3.40. The fourth-order valence-corrected chi connectivity index (χ4v) is 2.99. The Morgan fingerprint density at radius 3 is 1.71 bits per heavy atom. The molecule has 0 aliphatic heterocycles. The van der Waals surface area contributed by atoms with E-state index in [1.54, 1.807) is 20.8 Å². The third-order valence-corrected chi connectivity index (χ3v) is 5.72. The summed E-state index contributed by atoms with van der Waals surface area (Å²) in [6.45, 7) is 5.23. The van der Waals surface area contributed by atoms with Crippen molar-refractivity contribution in [3.8, 4) is 0 Å². The van der Waals surface area contributed by atoms with Crippen LogP contribution in [0.1, 0.15) is 20.8 Å². The Bertz CT molecular complexity index is 191. The predicted molar refractivity (Wildman–Crippen MR) is 51.4 cm³/mol. The highest BCUT2D eigenvalue weighted by Gasteiger charge is 2.43. The molecule has 0 heterocycles. The third-order valence-electron chi connectivity index (χ3n) is 2.06. The van der Waals surface area contributed by atoms with Crippen LogP contribution in [0, 0.1) is 0 Å². The molecule has 0 rings (SSSR count). The van der Waals surface area contributed by atoms with Crippen LogP contribution >= 0.6 is 10.3 Å². The summed E-state index contributed by atoms with van der Waals surface area (Å²) in [5.41, 5.74) is 0. The zero-order chi connectivity index (χ0) is 11.4. The molecular formula is C8H15F3O2S. The molecule has 0 aliphatic rings. The van der Waals surface area contributed by atoms with Gasteiger partial charge in [0.1, 0.15) is 0 Å². The predicted octanol–water partition coefficient (Wildman–Crippen LogP) is 2.87. The van der Waals surface area contributed by atoms with Crippen molar-refractivity contribution >= 4 is 16.3 Å². The second-order valence-electron chi connectivity index (χ2n) is 2.70. The first-order valence-corrected chi connectivity index (χ1v) is 6.44. The molecule has 0 bridgehead atoms. The van der Waals surface area contributed by atoms with Gasteiger partial charge in [-0.05, 0) is 0 Å². The topological polar surface area (TPSA) is 26.3 Å². The fraction of sp³-hybridized carbons (Fsp3) is 0.875. The quantitative estimate of drug-likeness (QED) is 0.745. The van der Waals surface area contributed by atoms with Gasteiger partial charge in [-0.1, -0.05) is 31.1 Å². The largest absolute Gasteiger partial charge is 0.491 e. The number of hydrogen-bond donors (Lipinski definition) is 0. The summed E-state index contributed by atoms with van der Waals surface area (Å²) in [6, 6.07) is 0. The minimum atomic E-state index is -4.88. The van der Waals surface area contributed by atoms with Gasteiger partial charge in [-0.15, -0.1) is 0 Å². The molecule has 0 spiro atoms. The molecule has 0 aliphatic carbocycles. The normalized spacial score (nSPS) is 13.9. The molecule has 0 saturated carbocycles. The van der Waals surface area contributed by atoms with Gasteiger partial charge in [0.05, 0.1) is 0 Å². The van der Waals surface area contributed by atoms with Crippen LogP contribution < -0.4 is 0 Å². The van der Waals surface area contributed by atoms with E-state index in [2.05, 4.69) is 4.18 Å². The molecule has 0 unspecified atom stereocenters. The maximum Gasteiger partial charge on any atom is 0.491 e. The monoisotopic (exact) mass is 232 g/mol. The van der Waals surface area contributed by atoms with Crippen molar-refractivity contribution in [1.29, 1.82) is 0 Å². The average molecular weight is 232 g/mol. The molecule has 0 atom stereocenters. The van der Waals surface area contributed by atoms with Crippen LogP contribution in [-0.2, 0) is 8.98 Å². The zero-order valence-corrected chi connectivity index (χ0v) is 9.30. The van der Waals surface area contributed by atoms with E-state index in [0.29, 0.717) is 17.3 Å². The molecule has 0 aromatic rings. The average Bonchev–Trinajstić information content (AvgIpc) is 2.12. The molecule has 6 heteroatoms. The van der Waals surface area contributed by atoms with Gasteiger partial charge >= 0.3 is 12.1 Å². The number of rotatable bonds is 4. The Morgan fingerprint density at radius 1 is 1.14 bits per heavy atom. The lowest BCUT2D eigenvalue weighted by Crippen LogP contribution is -2.29.